The van der Waals surface area contributed by atoms with Crippen LogP contribution >= 0.6 is 0 Å². The van der Waals surface area contributed by atoms with Crippen LogP contribution in [0.4, 0.5) is 0 Å². The Bertz CT molecular complexity index is 1060. The highest BCUT2D eigenvalue weighted by molar-refractivity contribution is 6.00. The summed E-state index contributed by atoms with van der Waals surface area (Å²) in [5.74, 6) is -1.57. The van der Waals surface area contributed by atoms with Gasteiger partial charge in [-0.15, -0.1) is 6.42 Å². The van der Waals surface area contributed by atoms with Crippen molar-refractivity contribution in [2.24, 2.45) is 0 Å². The molecule has 0 saturated carbocycles. The first-order valence-corrected chi connectivity index (χ1v) is 10.1. The summed E-state index contributed by atoms with van der Waals surface area (Å²) in [6, 6.07) is 6.96. The van der Waals surface area contributed by atoms with E-state index in [0.717, 1.165) is 0 Å². The number of benzene rings is 2. The highest BCUT2D eigenvalue weighted by atomic mass is 16.3. The zero-order chi connectivity index (χ0) is 24.4. The predicted molar refractivity (Wildman–Crippen MR) is 119 cm³/mol. The smallest absolute Gasteiger partial charge is 0.255 e. The van der Waals surface area contributed by atoms with Gasteiger partial charge in [-0.2, -0.15) is 0 Å². The second-order valence-corrected chi connectivity index (χ2v) is 7.05. The molecular formula is C23H25N3O7. The standard InChI is InChI=1S/C23H25N3O7/c1-2-12-24-23(33)16(26-22(32)15-8-6-11-18(28)20(15)30)9-3-4-13-25-21(31)14-7-5-10-17(27)19(14)29/h1,5-8,10-11,16,27-30H,3-4,9,12-13H2,(H,24,33)(H,25,31)(H,26,32)/t16-/m0/s1. The van der Waals surface area contributed by atoms with Gasteiger partial charge in [0.15, 0.2) is 23.0 Å². The Kier molecular flexibility index (Phi) is 8.94. The van der Waals surface area contributed by atoms with E-state index in [9.17, 15) is 34.8 Å². The van der Waals surface area contributed by atoms with Crippen molar-refractivity contribution in [3.63, 3.8) is 0 Å². The number of unbranched alkanes of at least 4 members (excludes halogenated alkanes) is 1. The summed E-state index contributed by atoms with van der Waals surface area (Å²) in [5, 5.41) is 46.3. The largest absolute Gasteiger partial charge is 0.504 e. The van der Waals surface area contributed by atoms with Gasteiger partial charge in [0.25, 0.3) is 11.8 Å². The monoisotopic (exact) mass is 455 g/mol. The number of aromatic hydroxyl groups is 4. The summed E-state index contributed by atoms with van der Waals surface area (Å²) in [4.78, 5) is 37.0. The SMILES string of the molecule is C#CCNC(=O)[C@H](CCCCNC(=O)c1cccc(O)c1O)NC(=O)c1cccc(O)c1O. The number of nitrogens with one attached hydrogen (secondary N) is 3. The molecule has 0 bridgehead atoms. The lowest BCUT2D eigenvalue weighted by atomic mass is 10.1. The van der Waals surface area contributed by atoms with Crippen LogP contribution < -0.4 is 16.0 Å². The lowest BCUT2D eigenvalue weighted by Gasteiger charge is -2.18. The van der Waals surface area contributed by atoms with E-state index in [4.69, 9.17) is 6.42 Å². The Morgan fingerprint density at radius 1 is 0.848 bits per heavy atom. The van der Waals surface area contributed by atoms with Crippen LogP contribution in [0.25, 0.3) is 0 Å². The van der Waals surface area contributed by atoms with Crippen molar-refractivity contribution in [3.05, 3.63) is 47.5 Å². The molecule has 0 aromatic heterocycles. The number of carbonyl (C=O) groups excluding carboxylic acids is 3. The number of rotatable bonds is 10. The zero-order valence-electron chi connectivity index (χ0n) is 17.7. The molecule has 2 aromatic rings. The molecule has 0 heterocycles. The molecular weight excluding hydrogens is 430 g/mol. The molecule has 1 atom stereocenters. The van der Waals surface area contributed by atoms with Crippen LogP contribution in [-0.4, -0.2) is 57.3 Å². The maximum absolute atomic E-state index is 12.5. The summed E-state index contributed by atoms with van der Waals surface area (Å²) >= 11 is 0. The first-order chi connectivity index (χ1) is 15.8. The molecule has 2 rings (SSSR count). The summed E-state index contributed by atoms with van der Waals surface area (Å²) < 4.78 is 0. The normalized spacial score (nSPS) is 11.1. The van der Waals surface area contributed by atoms with E-state index in [0.29, 0.717) is 12.8 Å². The Morgan fingerprint density at radius 2 is 1.42 bits per heavy atom. The van der Waals surface area contributed by atoms with Gasteiger partial charge in [0.1, 0.15) is 6.04 Å². The number of para-hydroxylation sites is 2. The molecule has 174 valence electrons. The number of terminal acetylenes is 1. The van der Waals surface area contributed by atoms with Crippen molar-refractivity contribution < 1.29 is 34.8 Å². The molecule has 2 aromatic carbocycles. The van der Waals surface area contributed by atoms with Gasteiger partial charge in [0.2, 0.25) is 5.91 Å². The molecule has 0 fully saturated rings. The Morgan fingerprint density at radius 3 is 2.00 bits per heavy atom. The van der Waals surface area contributed by atoms with Crippen LogP contribution in [0.5, 0.6) is 23.0 Å². The number of phenols is 4. The van der Waals surface area contributed by atoms with Crippen molar-refractivity contribution in [1.29, 1.82) is 0 Å². The topological polar surface area (TPSA) is 168 Å². The molecule has 0 spiro atoms. The highest BCUT2D eigenvalue weighted by Gasteiger charge is 2.23. The fraction of sp³-hybridized carbons (Fsp3) is 0.261. The Labute approximate surface area is 190 Å². The van der Waals surface area contributed by atoms with Crippen LogP contribution in [0.1, 0.15) is 40.0 Å². The van der Waals surface area contributed by atoms with Gasteiger partial charge >= 0.3 is 0 Å². The van der Waals surface area contributed by atoms with Gasteiger partial charge in [0.05, 0.1) is 17.7 Å². The van der Waals surface area contributed by atoms with Crippen LogP contribution in [0.3, 0.4) is 0 Å². The fourth-order valence-electron chi connectivity index (χ4n) is 2.97. The van der Waals surface area contributed by atoms with Crippen molar-refractivity contribution in [2.75, 3.05) is 13.1 Å². The molecule has 7 N–H and O–H groups in total. The fourth-order valence-corrected chi connectivity index (χ4v) is 2.97. The zero-order valence-corrected chi connectivity index (χ0v) is 17.7. The molecule has 0 unspecified atom stereocenters. The third kappa shape index (κ3) is 6.80. The number of phenolic OH excluding ortho intramolecular Hbond substituents is 4. The third-order valence-corrected chi connectivity index (χ3v) is 4.71. The molecule has 0 aliphatic rings. The van der Waals surface area contributed by atoms with Gasteiger partial charge in [-0.05, 0) is 43.5 Å². The minimum absolute atomic E-state index is 0.0357. The van der Waals surface area contributed by atoms with Crippen LogP contribution in [0.2, 0.25) is 0 Å². The van der Waals surface area contributed by atoms with Crippen molar-refractivity contribution in [3.8, 4) is 35.3 Å². The summed E-state index contributed by atoms with van der Waals surface area (Å²) in [5.41, 5.74) is -0.261. The lowest BCUT2D eigenvalue weighted by molar-refractivity contribution is -0.122. The van der Waals surface area contributed by atoms with E-state index in [1.807, 2.05) is 0 Å². The van der Waals surface area contributed by atoms with E-state index >= 15 is 0 Å². The molecule has 0 radical (unpaired) electrons. The van der Waals surface area contributed by atoms with Gasteiger partial charge in [-0.25, -0.2) is 0 Å². The molecule has 10 heteroatoms. The van der Waals surface area contributed by atoms with Gasteiger partial charge in [0, 0.05) is 6.54 Å². The molecule has 0 aliphatic heterocycles. The minimum Gasteiger partial charge on any atom is -0.504 e. The Hall–Kier alpha value is -4.39. The summed E-state index contributed by atoms with van der Waals surface area (Å²) in [6.45, 7) is 0.181. The quantitative estimate of drug-likeness (QED) is 0.159. The Balaban J connectivity index is 1.93. The van der Waals surface area contributed by atoms with Crippen LogP contribution in [0.15, 0.2) is 36.4 Å². The van der Waals surface area contributed by atoms with E-state index in [1.165, 1.54) is 36.4 Å². The van der Waals surface area contributed by atoms with Gasteiger partial charge < -0.3 is 36.4 Å². The first kappa shape index (κ1) is 24.9. The van der Waals surface area contributed by atoms with Crippen molar-refractivity contribution in [2.45, 2.75) is 25.3 Å². The average molecular weight is 455 g/mol. The minimum atomic E-state index is -0.974. The van der Waals surface area contributed by atoms with E-state index in [2.05, 4.69) is 21.9 Å². The average Bonchev–Trinajstić information content (AvgIpc) is 2.79. The predicted octanol–water partition coefficient (Wildman–Crippen LogP) is 0.957. The van der Waals surface area contributed by atoms with E-state index in [1.54, 1.807) is 0 Å². The number of amides is 3. The lowest BCUT2D eigenvalue weighted by Crippen LogP contribution is -2.46. The molecule has 0 aliphatic carbocycles. The summed E-state index contributed by atoms with van der Waals surface area (Å²) in [7, 11) is 0. The van der Waals surface area contributed by atoms with Gasteiger partial charge in [-0.3, -0.25) is 14.4 Å². The van der Waals surface area contributed by atoms with Crippen LogP contribution in [0, 0.1) is 12.3 Å². The maximum Gasteiger partial charge on any atom is 0.255 e. The van der Waals surface area contributed by atoms with Gasteiger partial charge in [-0.1, -0.05) is 18.1 Å². The van der Waals surface area contributed by atoms with E-state index in [-0.39, 0.29) is 30.6 Å². The molecule has 3 amide bonds. The van der Waals surface area contributed by atoms with Crippen LogP contribution in [-0.2, 0) is 4.79 Å². The number of hydrogen-bond donors (Lipinski definition) is 7. The van der Waals surface area contributed by atoms with Crippen molar-refractivity contribution in [1.82, 2.24) is 16.0 Å². The number of carbonyl (C=O) groups is 3. The second-order valence-electron chi connectivity index (χ2n) is 7.05. The highest BCUT2D eigenvalue weighted by Crippen LogP contribution is 2.29. The molecule has 10 nitrogen and oxygen atoms in total. The van der Waals surface area contributed by atoms with E-state index < -0.39 is 46.8 Å². The third-order valence-electron chi connectivity index (χ3n) is 4.71. The molecule has 0 saturated heterocycles. The first-order valence-electron chi connectivity index (χ1n) is 10.1. The second kappa shape index (κ2) is 11.9. The molecule has 33 heavy (non-hydrogen) atoms. The van der Waals surface area contributed by atoms with Crippen molar-refractivity contribution >= 4 is 17.7 Å². The maximum atomic E-state index is 12.5. The number of hydrogen-bond acceptors (Lipinski definition) is 7. The summed E-state index contributed by atoms with van der Waals surface area (Å²) in [6.07, 6.45) is 6.22.